The van der Waals surface area contributed by atoms with Crippen molar-refractivity contribution in [2.24, 2.45) is 0 Å². The molecular formula is C20H25NO2. The molecule has 2 unspecified atom stereocenters. The fourth-order valence-corrected chi connectivity index (χ4v) is 2.41. The van der Waals surface area contributed by atoms with Gasteiger partial charge in [0, 0.05) is 18.2 Å². The van der Waals surface area contributed by atoms with Crippen LogP contribution in [0.3, 0.4) is 0 Å². The van der Waals surface area contributed by atoms with E-state index in [1.54, 1.807) is 7.11 Å². The van der Waals surface area contributed by atoms with Gasteiger partial charge in [0.15, 0.2) is 0 Å². The van der Waals surface area contributed by atoms with Crippen molar-refractivity contribution < 1.29 is 9.84 Å². The molecule has 2 aromatic carbocycles. The molecule has 0 radical (unpaired) electrons. The van der Waals surface area contributed by atoms with E-state index in [1.807, 2.05) is 73.7 Å². The lowest BCUT2D eigenvalue weighted by molar-refractivity contribution is 0.136. The van der Waals surface area contributed by atoms with E-state index in [0.717, 1.165) is 16.9 Å². The van der Waals surface area contributed by atoms with E-state index in [4.69, 9.17) is 4.74 Å². The molecule has 3 heteroatoms. The number of methoxy groups -OCH3 is 1. The zero-order valence-electron chi connectivity index (χ0n) is 13.8. The van der Waals surface area contributed by atoms with Crippen molar-refractivity contribution in [3.63, 3.8) is 0 Å². The summed E-state index contributed by atoms with van der Waals surface area (Å²) in [5.41, 5.74) is 2.20. The van der Waals surface area contributed by atoms with Gasteiger partial charge in [-0.25, -0.2) is 0 Å². The maximum atomic E-state index is 10.3. The Morgan fingerprint density at radius 2 is 1.78 bits per heavy atom. The summed E-state index contributed by atoms with van der Waals surface area (Å²) in [4.78, 5) is 0. The first kappa shape index (κ1) is 17.3. The molecule has 0 heterocycles. The second-order valence-electron chi connectivity index (χ2n) is 5.60. The minimum absolute atomic E-state index is 0.0255. The average molecular weight is 311 g/mol. The van der Waals surface area contributed by atoms with Gasteiger partial charge in [0.05, 0.1) is 13.2 Å². The van der Waals surface area contributed by atoms with Crippen LogP contribution in [0.1, 0.15) is 18.1 Å². The van der Waals surface area contributed by atoms with Crippen molar-refractivity contribution in [1.29, 1.82) is 0 Å². The molecule has 2 atom stereocenters. The molecule has 122 valence electrons. The quantitative estimate of drug-likeness (QED) is 0.786. The maximum Gasteiger partial charge on any atom is 0.126 e. The van der Waals surface area contributed by atoms with E-state index in [2.05, 4.69) is 5.32 Å². The molecule has 2 rings (SSSR count). The minimum atomic E-state index is -0.405. The van der Waals surface area contributed by atoms with Crippen LogP contribution in [0.15, 0.2) is 60.7 Å². The highest BCUT2D eigenvalue weighted by Gasteiger charge is 2.13. The Bertz CT molecular complexity index is 610. The van der Waals surface area contributed by atoms with Crippen LogP contribution in [-0.4, -0.2) is 30.9 Å². The molecule has 0 amide bonds. The Balaban J connectivity index is 1.80. The van der Waals surface area contributed by atoms with E-state index >= 15 is 0 Å². The highest BCUT2D eigenvalue weighted by Crippen LogP contribution is 2.18. The number of ether oxygens (including phenoxy) is 1. The summed E-state index contributed by atoms with van der Waals surface area (Å²) in [6.45, 7) is 2.70. The number of benzene rings is 2. The molecule has 0 fully saturated rings. The summed E-state index contributed by atoms with van der Waals surface area (Å²) in [7, 11) is 1.67. The molecule has 0 saturated carbocycles. The van der Waals surface area contributed by atoms with Crippen molar-refractivity contribution in [2.45, 2.75) is 25.5 Å². The molecule has 0 bridgehead atoms. The highest BCUT2D eigenvalue weighted by atomic mass is 16.5. The number of aliphatic hydroxyl groups excluding tert-OH is 1. The predicted molar refractivity (Wildman–Crippen MR) is 95.6 cm³/mol. The largest absolute Gasteiger partial charge is 0.496 e. The molecule has 0 spiro atoms. The first-order valence-electron chi connectivity index (χ1n) is 7.95. The normalized spacial score (nSPS) is 13.9. The summed E-state index contributed by atoms with van der Waals surface area (Å²) >= 11 is 0. The van der Waals surface area contributed by atoms with Gasteiger partial charge < -0.3 is 15.2 Å². The molecule has 23 heavy (non-hydrogen) atoms. The third kappa shape index (κ3) is 5.55. The molecule has 2 aromatic rings. The van der Waals surface area contributed by atoms with Crippen LogP contribution in [-0.2, 0) is 6.42 Å². The molecule has 0 aliphatic heterocycles. The monoisotopic (exact) mass is 311 g/mol. The van der Waals surface area contributed by atoms with Crippen molar-refractivity contribution in [1.82, 2.24) is 5.32 Å². The average Bonchev–Trinajstić information content (AvgIpc) is 2.59. The second kappa shape index (κ2) is 9.13. The first-order valence-corrected chi connectivity index (χ1v) is 7.95. The van der Waals surface area contributed by atoms with Crippen molar-refractivity contribution in [3.05, 3.63) is 71.8 Å². The summed E-state index contributed by atoms with van der Waals surface area (Å²) in [6, 6.07) is 18.0. The second-order valence-corrected chi connectivity index (χ2v) is 5.60. The third-order valence-electron chi connectivity index (χ3n) is 3.86. The van der Waals surface area contributed by atoms with Gasteiger partial charge in [-0.15, -0.1) is 0 Å². The molecule has 0 aliphatic carbocycles. The topological polar surface area (TPSA) is 41.5 Å². The van der Waals surface area contributed by atoms with E-state index in [0.29, 0.717) is 13.0 Å². The molecule has 0 saturated heterocycles. The smallest absolute Gasteiger partial charge is 0.126 e. The van der Waals surface area contributed by atoms with Gasteiger partial charge in [0.2, 0.25) is 0 Å². The van der Waals surface area contributed by atoms with Gasteiger partial charge in [-0.1, -0.05) is 60.7 Å². The van der Waals surface area contributed by atoms with Crippen LogP contribution in [0, 0.1) is 0 Å². The Labute approximate surface area is 138 Å². The van der Waals surface area contributed by atoms with Gasteiger partial charge >= 0.3 is 0 Å². The summed E-state index contributed by atoms with van der Waals surface area (Å²) in [6.07, 6.45) is 4.33. The van der Waals surface area contributed by atoms with Crippen LogP contribution >= 0.6 is 0 Å². The standard InChI is InChI=1S/C20H25NO2/c1-16(19(22)15-17-9-4-3-5-10-17)21-14-8-12-18-11-6-7-13-20(18)23-2/h3-13,16,19,21-22H,14-15H2,1-2H3/b12-8+. The Hall–Kier alpha value is -2.10. The van der Waals surface area contributed by atoms with Crippen molar-refractivity contribution >= 4 is 6.08 Å². The van der Waals surface area contributed by atoms with Gasteiger partial charge in [0.25, 0.3) is 0 Å². The van der Waals surface area contributed by atoms with Gasteiger partial charge in [0.1, 0.15) is 5.75 Å². The zero-order valence-corrected chi connectivity index (χ0v) is 13.8. The highest BCUT2D eigenvalue weighted by molar-refractivity contribution is 5.57. The summed E-state index contributed by atoms with van der Waals surface area (Å²) in [5, 5.41) is 13.6. The van der Waals surface area contributed by atoms with Crippen molar-refractivity contribution in [3.8, 4) is 5.75 Å². The lowest BCUT2D eigenvalue weighted by Crippen LogP contribution is -2.38. The van der Waals surface area contributed by atoms with Crippen LogP contribution in [0.5, 0.6) is 5.75 Å². The SMILES string of the molecule is COc1ccccc1/C=C/CNC(C)C(O)Cc1ccccc1. The molecular weight excluding hydrogens is 286 g/mol. The van der Waals surface area contributed by atoms with Gasteiger partial charge in [-0.2, -0.15) is 0 Å². The number of hydrogen-bond acceptors (Lipinski definition) is 3. The van der Waals surface area contributed by atoms with Crippen molar-refractivity contribution in [2.75, 3.05) is 13.7 Å². The van der Waals surface area contributed by atoms with E-state index < -0.39 is 6.10 Å². The van der Waals surface area contributed by atoms with Gasteiger partial charge in [-0.3, -0.25) is 0 Å². The lowest BCUT2D eigenvalue weighted by atomic mass is 10.0. The number of aliphatic hydroxyl groups is 1. The Kier molecular flexibility index (Phi) is 6.85. The first-order chi connectivity index (χ1) is 11.2. The summed E-state index contributed by atoms with van der Waals surface area (Å²) in [5.74, 6) is 0.862. The van der Waals surface area contributed by atoms with Crippen LogP contribution in [0.2, 0.25) is 0 Å². The van der Waals surface area contributed by atoms with Gasteiger partial charge in [-0.05, 0) is 25.0 Å². The van der Waals surface area contributed by atoms with E-state index in [1.165, 1.54) is 0 Å². The molecule has 3 nitrogen and oxygen atoms in total. The van der Waals surface area contributed by atoms with E-state index in [9.17, 15) is 5.11 Å². The predicted octanol–water partition coefficient (Wildman–Crippen LogP) is 3.29. The Morgan fingerprint density at radius 3 is 2.52 bits per heavy atom. The minimum Gasteiger partial charge on any atom is -0.496 e. The van der Waals surface area contributed by atoms with Crippen LogP contribution in [0.4, 0.5) is 0 Å². The number of para-hydroxylation sites is 1. The summed E-state index contributed by atoms with van der Waals surface area (Å²) < 4.78 is 5.32. The lowest BCUT2D eigenvalue weighted by Gasteiger charge is -2.19. The van der Waals surface area contributed by atoms with E-state index in [-0.39, 0.29) is 6.04 Å². The number of rotatable bonds is 8. The fraction of sp³-hybridized carbons (Fsp3) is 0.300. The van der Waals surface area contributed by atoms with Crippen LogP contribution < -0.4 is 10.1 Å². The maximum absolute atomic E-state index is 10.3. The zero-order chi connectivity index (χ0) is 16.5. The fourth-order valence-electron chi connectivity index (χ4n) is 2.41. The molecule has 0 aliphatic rings. The Morgan fingerprint density at radius 1 is 1.09 bits per heavy atom. The molecule has 0 aromatic heterocycles. The number of hydrogen-bond donors (Lipinski definition) is 2. The number of nitrogens with one attached hydrogen (secondary N) is 1. The van der Waals surface area contributed by atoms with Crippen LogP contribution in [0.25, 0.3) is 6.08 Å². The molecule has 2 N–H and O–H groups in total. The third-order valence-corrected chi connectivity index (χ3v) is 3.86.